The molecule has 3 aliphatic carbocycles. The lowest BCUT2D eigenvalue weighted by Gasteiger charge is -2.64. The molecule has 39 heavy (non-hydrogen) atoms. The second-order valence-corrected chi connectivity index (χ2v) is 12.4. The van der Waals surface area contributed by atoms with Crippen molar-refractivity contribution in [2.75, 3.05) is 13.6 Å². The van der Waals surface area contributed by atoms with Crippen molar-refractivity contribution in [3.05, 3.63) is 24.3 Å². The van der Waals surface area contributed by atoms with Crippen LogP contribution in [0, 0.1) is 28.6 Å². The molecule has 0 radical (unpaired) electrons. The summed E-state index contributed by atoms with van der Waals surface area (Å²) in [6, 6.07) is -0.800. The molecule has 5 N–H and O–H groups in total. The summed E-state index contributed by atoms with van der Waals surface area (Å²) in [5.74, 6) is 0.450. The maximum absolute atomic E-state index is 13.7. The Labute approximate surface area is 232 Å². The van der Waals surface area contributed by atoms with E-state index in [1.165, 1.54) is 18.6 Å². The first-order valence-corrected chi connectivity index (χ1v) is 14.2. The Bertz CT molecular complexity index is 1040. The number of aromatic nitrogens is 2. The molecular formula is C27H44BN7O4. The SMILES string of the molecule is CNC(=N)NCCC[C@H](NC(=O)c1cnccn1)C(=O)N[C@@H](CC(C)C)B1O[C@@H]2C[C@@H]3C[C@@H](C3(C)C)[C@]2(C)O1. The second kappa shape index (κ2) is 11.8. The molecule has 11 nitrogen and oxygen atoms in total. The monoisotopic (exact) mass is 541 g/mol. The molecule has 0 unspecified atom stereocenters. The van der Waals surface area contributed by atoms with E-state index in [1.54, 1.807) is 7.05 Å². The Kier molecular flexibility index (Phi) is 8.85. The zero-order chi connectivity index (χ0) is 28.4. The van der Waals surface area contributed by atoms with Crippen LogP contribution in [0.2, 0.25) is 0 Å². The van der Waals surface area contributed by atoms with Crippen molar-refractivity contribution in [2.45, 2.75) is 90.4 Å². The van der Waals surface area contributed by atoms with Gasteiger partial charge in [-0.1, -0.05) is 27.7 Å². The fourth-order valence-electron chi connectivity index (χ4n) is 6.63. The Balaban J connectivity index is 1.46. The highest BCUT2D eigenvalue weighted by molar-refractivity contribution is 6.48. The van der Waals surface area contributed by atoms with Crippen LogP contribution >= 0.6 is 0 Å². The van der Waals surface area contributed by atoms with Crippen LogP contribution in [0.1, 0.15) is 77.2 Å². The van der Waals surface area contributed by atoms with Crippen LogP contribution in [0.3, 0.4) is 0 Å². The first-order valence-electron chi connectivity index (χ1n) is 14.2. The molecule has 0 spiro atoms. The van der Waals surface area contributed by atoms with Crippen molar-refractivity contribution in [3.8, 4) is 0 Å². The molecule has 1 aromatic rings. The number of carbonyl (C=O) groups is 2. The van der Waals surface area contributed by atoms with Gasteiger partial charge in [0.2, 0.25) is 5.91 Å². The molecule has 214 valence electrons. The molecule has 4 aliphatic rings. The molecule has 5 rings (SSSR count). The van der Waals surface area contributed by atoms with E-state index in [1.807, 2.05) is 0 Å². The fourth-order valence-corrected chi connectivity index (χ4v) is 6.63. The predicted molar refractivity (Wildman–Crippen MR) is 149 cm³/mol. The van der Waals surface area contributed by atoms with Gasteiger partial charge in [-0.3, -0.25) is 20.0 Å². The van der Waals surface area contributed by atoms with Crippen molar-refractivity contribution in [1.29, 1.82) is 5.41 Å². The summed E-state index contributed by atoms with van der Waals surface area (Å²) in [5, 5.41) is 19.4. The van der Waals surface area contributed by atoms with Gasteiger partial charge >= 0.3 is 7.12 Å². The zero-order valence-electron chi connectivity index (χ0n) is 24.0. The number of rotatable bonds is 11. The van der Waals surface area contributed by atoms with Gasteiger partial charge in [0.05, 0.1) is 23.8 Å². The molecule has 2 heterocycles. The first kappa shape index (κ1) is 29.3. The number of nitrogens with one attached hydrogen (secondary N) is 5. The van der Waals surface area contributed by atoms with E-state index in [-0.39, 0.29) is 40.6 Å². The van der Waals surface area contributed by atoms with Crippen molar-refractivity contribution < 1.29 is 18.9 Å². The average molecular weight is 542 g/mol. The topological polar surface area (TPSA) is 150 Å². The highest BCUT2D eigenvalue weighted by Gasteiger charge is 2.68. The summed E-state index contributed by atoms with van der Waals surface area (Å²) >= 11 is 0. The number of hydrogen-bond acceptors (Lipinski definition) is 7. The van der Waals surface area contributed by atoms with Crippen LogP contribution in [0.25, 0.3) is 0 Å². The number of guanidine groups is 1. The Morgan fingerprint density at radius 3 is 2.62 bits per heavy atom. The van der Waals surface area contributed by atoms with E-state index in [4.69, 9.17) is 14.7 Å². The predicted octanol–water partition coefficient (Wildman–Crippen LogP) is 1.90. The van der Waals surface area contributed by atoms with Crippen LogP contribution in [-0.2, 0) is 14.1 Å². The van der Waals surface area contributed by atoms with E-state index in [9.17, 15) is 9.59 Å². The minimum absolute atomic E-state index is 0.0200. The highest BCUT2D eigenvalue weighted by atomic mass is 16.7. The summed E-state index contributed by atoms with van der Waals surface area (Å²) in [7, 11) is 1.12. The Hall–Kier alpha value is -2.73. The van der Waals surface area contributed by atoms with E-state index < -0.39 is 19.1 Å². The molecule has 0 aromatic carbocycles. The first-order chi connectivity index (χ1) is 18.5. The van der Waals surface area contributed by atoms with E-state index in [0.717, 1.165) is 12.8 Å². The maximum Gasteiger partial charge on any atom is 0.481 e. The van der Waals surface area contributed by atoms with Gasteiger partial charge in [0.1, 0.15) is 11.7 Å². The maximum atomic E-state index is 13.7. The van der Waals surface area contributed by atoms with Crippen LogP contribution < -0.4 is 21.3 Å². The van der Waals surface area contributed by atoms with Gasteiger partial charge in [0, 0.05) is 26.0 Å². The van der Waals surface area contributed by atoms with Crippen molar-refractivity contribution in [1.82, 2.24) is 31.2 Å². The Morgan fingerprint density at radius 2 is 1.97 bits per heavy atom. The van der Waals surface area contributed by atoms with Gasteiger partial charge in [0.15, 0.2) is 5.96 Å². The van der Waals surface area contributed by atoms with Crippen LogP contribution in [0.4, 0.5) is 0 Å². The van der Waals surface area contributed by atoms with Gasteiger partial charge < -0.3 is 30.6 Å². The van der Waals surface area contributed by atoms with E-state index in [0.29, 0.717) is 43.6 Å². The van der Waals surface area contributed by atoms with Crippen molar-refractivity contribution >= 4 is 24.9 Å². The standard InChI is InChI=1S/C27H44BN7O4/c1-16(2)12-22(28-38-21-14-17-13-20(26(17,3)4)27(21,5)39-28)35-23(36)18(8-7-9-33-25(29)30-6)34-24(37)19-15-31-10-11-32-19/h10-11,15-18,20-22H,7-9,12-14H2,1-6H3,(H,34,37)(H,35,36)(H3,29,30,33)/t17-,18-,20-,21+,22-,27-/m0/s1. The summed E-state index contributed by atoms with van der Waals surface area (Å²) < 4.78 is 13.2. The lowest BCUT2D eigenvalue weighted by molar-refractivity contribution is -0.199. The highest BCUT2D eigenvalue weighted by Crippen LogP contribution is 2.65. The zero-order valence-corrected chi connectivity index (χ0v) is 24.0. The molecule has 4 fully saturated rings. The third-order valence-corrected chi connectivity index (χ3v) is 8.99. The molecular weight excluding hydrogens is 497 g/mol. The molecule has 1 aromatic heterocycles. The molecule has 12 heteroatoms. The summed E-state index contributed by atoms with van der Waals surface area (Å²) in [5.41, 5.74) is 0.00439. The summed E-state index contributed by atoms with van der Waals surface area (Å²) in [6.45, 7) is 11.5. The molecule has 1 saturated heterocycles. The van der Waals surface area contributed by atoms with Gasteiger partial charge in [-0.05, 0) is 62.2 Å². The largest absolute Gasteiger partial charge is 0.481 e. The normalized spacial score (nSPS) is 28.1. The molecule has 1 aliphatic heterocycles. The lowest BCUT2D eigenvalue weighted by atomic mass is 9.43. The quantitative estimate of drug-likeness (QED) is 0.123. The molecule has 3 saturated carbocycles. The minimum Gasteiger partial charge on any atom is -0.404 e. The van der Waals surface area contributed by atoms with Crippen LogP contribution in [-0.4, -0.2) is 72.1 Å². The van der Waals surface area contributed by atoms with Crippen LogP contribution in [0.5, 0.6) is 0 Å². The third-order valence-electron chi connectivity index (χ3n) is 8.99. The van der Waals surface area contributed by atoms with Gasteiger partial charge in [-0.25, -0.2) is 4.98 Å². The smallest absolute Gasteiger partial charge is 0.404 e. The summed E-state index contributed by atoms with van der Waals surface area (Å²) in [4.78, 5) is 34.6. The van der Waals surface area contributed by atoms with E-state index in [2.05, 4.69) is 65.9 Å². The molecule has 2 amide bonds. The lowest BCUT2D eigenvalue weighted by Crippen LogP contribution is -2.65. The number of amides is 2. The fraction of sp³-hybridized carbons (Fsp3) is 0.741. The average Bonchev–Trinajstić information content (AvgIpc) is 3.27. The summed E-state index contributed by atoms with van der Waals surface area (Å²) in [6.07, 6.45) is 8.08. The second-order valence-electron chi connectivity index (χ2n) is 12.4. The Morgan fingerprint density at radius 1 is 1.21 bits per heavy atom. The van der Waals surface area contributed by atoms with Crippen molar-refractivity contribution in [3.63, 3.8) is 0 Å². The molecule has 2 bridgehead atoms. The number of hydrogen-bond donors (Lipinski definition) is 5. The molecule has 6 atom stereocenters. The number of carbonyl (C=O) groups excluding carboxylic acids is 2. The van der Waals surface area contributed by atoms with E-state index >= 15 is 0 Å². The van der Waals surface area contributed by atoms with Gasteiger partial charge in [-0.15, -0.1) is 0 Å². The minimum atomic E-state index is -0.800. The van der Waals surface area contributed by atoms with Crippen molar-refractivity contribution in [2.24, 2.45) is 23.2 Å². The van der Waals surface area contributed by atoms with Gasteiger partial charge in [0.25, 0.3) is 5.91 Å². The van der Waals surface area contributed by atoms with Crippen LogP contribution in [0.15, 0.2) is 18.6 Å². The number of nitrogens with zero attached hydrogens (tertiary/aromatic N) is 2. The third kappa shape index (κ3) is 6.21. The van der Waals surface area contributed by atoms with Gasteiger partial charge in [-0.2, -0.15) is 0 Å².